The number of nitrogens with two attached hydrogens (primary N) is 1. The average Bonchev–Trinajstić information content (AvgIpc) is 2.80. The van der Waals surface area contributed by atoms with Gasteiger partial charge >= 0.3 is 0 Å². The second-order valence-electron chi connectivity index (χ2n) is 5.42. The third-order valence-electron chi connectivity index (χ3n) is 3.07. The van der Waals surface area contributed by atoms with Crippen molar-refractivity contribution in [3.8, 4) is 0 Å². The van der Waals surface area contributed by atoms with Crippen molar-refractivity contribution in [1.82, 2.24) is 4.90 Å². The van der Waals surface area contributed by atoms with E-state index in [1.807, 2.05) is 0 Å². The molecule has 0 aliphatic heterocycles. The number of rotatable bonds is 5. The molecule has 0 saturated heterocycles. The molecule has 13 heavy (non-hydrogen) atoms. The molecule has 2 heteroatoms. The van der Waals surface area contributed by atoms with Gasteiger partial charge in [0.05, 0.1) is 0 Å². The van der Waals surface area contributed by atoms with Gasteiger partial charge in [0.25, 0.3) is 0 Å². The quantitative estimate of drug-likeness (QED) is 0.699. The normalized spacial score (nSPS) is 25.6. The zero-order valence-electron chi connectivity index (χ0n) is 8.92. The lowest BCUT2D eigenvalue weighted by Crippen LogP contribution is -2.42. The van der Waals surface area contributed by atoms with Crippen molar-refractivity contribution in [1.29, 1.82) is 0 Å². The lowest BCUT2D eigenvalue weighted by molar-refractivity contribution is 0.215. The minimum absolute atomic E-state index is 0.206. The molecule has 2 fully saturated rings. The second kappa shape index (κ2) is 3.25. The average molecular weight is 182 g/mol. The van der Waals surface area contributed by atoms with Crippen molar-refractivity contribution < 1.29 is 0 Å². The summed E-state index contributed by atoms with van der Waals surface area (Å²) in [4.78, 5) is 2.62. The van der Waals surface area contributed by atoms with Gasteiger partial charge in [-0.3, -0.25) is 4.90 Å². The summed E-state index contributed by atoms with van der Waals surface area (Å²) in [5.41, 5.74) is 6.35. The van der Waals surface area contributed by atoms with E-state index >= 15 is 0 Å². The Morgan fingerprint density at radius 1 is 1.38 bits per heavy atom. The van der Waals surface area contributed by atoms with Gasteiger partial charge in [-0.15, -0.1) is 0 Å². The molecule has 2 aliphatic carbocycles. The van der Waals surface area contributed by atoms with Crippen molar-refractivity contribution in [2.24, 2.45) is 11.7 Å². The van der Waals surface area contributed by atoms with E-state index in [2.05, 4.69) is 18.7 Å². The van der Waals surface area contributed by atoms with E-state index in [0.29, 0.717) is 0 Å². The van der Waals surface area contributed by atoms with Gasteiger partial charge in [0.2, 0.25) is 0 Å². The molecule has 76 valence electrons. The zero-order chi connectivity index (χ0) is 9.47. The van der Waals surface area contributed by atoms with E-state index in [-0.39, 0.29) is 5.54 Å². The van der Waals surface area contributed by atoms with E-state index < -0.39 is 0 Å². The van der Waals surface area contributed by atoms with Crippen LogP contribution in [0.3, 0.4) is 0 Å². The maximum absolute atomic E-state index is 6.15. The largest absolute Gasteiger partial charge is 0.324 e. The van der Waals surface area contributed by atoms with Crippen molar-refractivity contribution in [3.05, 3.63) is 0 Å². The molecule has 0 spiro atoms. The molecule has 0 aromatic rings. The van der Waals surface area contributed by atoms with Crippen LogP contribution in [0.1, 0.15) is 39.5 Å². The first-order chi connectivity index (χ1) is 6.09. The highest BCUT2D eigenvalue weighted by Crippen LogP contribution is 2.37. The Kier molecular flexibility index (Phi) is 2.37. The van der Waals surface area contributed by atoms with Crippen molar-refractivity contribution in [3.63, 3.8) is 0 Å². The standard InChI is InChI=1S/C11H22N2/c1-9(2)7-13(10-3-4-10)8-11(12)5-6-11/h9-10H,3-8,12H2,1-2H3. The predicted octanol–water partition coefficient (Wildman–Crippen LogP) is 1.60. The van der Waals surface area contributed by atoms with Crippen LogP contribution in [0.2, 0.25) is 0 Å². The third-order valence-corrected chi connectivity index (χ3v) is 3.07. The van der Waals surface area contributed by atoms with Crippen LogP contribution < -0.4 is 5.73 Å². The van der Waals surface area contributed by atoms with Gasteiger partial charge in [0.15, 0.2) is 0 Å². The van der Waals surface area contributed by atoms with Crippen LogP contribution in [-0.2, 0) is 0 Å². The molecule has 0 heterocycles. The molecule has 2 rings (SSSR count). The maximum Gasteiger partial charge on any atom is 0.0284 e. The van der Waals surface area contributed by atoms with Crippen LogP contribution in [0.5, 0.6) is 0 Å². The maximum atomic E-state index is 6.15. The summed E-state index contributed by atoms with van der Waals surface area (Å²) in [5.74, 6) is 0.781. The smallest absolute Gasteiger partial charge is 0.0284 e. The zero-order valence-corrected chi connectivity index (χ0v) is 8.92. The van der Waals surface area contributed by atoms with E-state index in [1.165, 1.54) is 32.2 Å². The highest BCUT2D eigenvalue weighted by atomic mass is 15.2. The Balaban J connectivity index is 1.82. The Hall–Kier alpha value is -0.0800. The van der Waals surface area contributed by atoms with Gasteiger partial charge in [-0.2, -0.15) is 0 Å². The highest BCUT2D eigenvalue weighted by Gasteiger charge is 2.42. The number of hydrogen-bond acceptors (Lipinski definition) is 2. The van der Waals surface area contributed by atoms with E-state index in [9.17, 15) is 0 Å². The van der Waals surface area contributed by atoms with Crippen LogP contribution in [0.4, 0.5) is 0 Å². The summed E-state index contributed by atoms with van der Waals surface area (Å²) in [7, 11) is 0. The van der Waals surface area contributed by atoms with E-state index in [0.717, 1.165) is 18.5 Å². The summed E-state index contributed by atoms with van der Waals surface area (Å²) in [6, 6.07) is 0.878. The van der Waals surface area contributed by atoms with Crippen LogP contribution in [0.15, 0.2) is 0 Å². The number of nitrogens with zero attached hydrogens (tertiary/aromatic N) is 1. The Bertz CT molecular complexity index is 181. The molecule has 2 nitrogen and oxygen atoms in total. The minimum atomic E-state index is 0.206. The molecule has 2 saturated carbocycles. The lowest BCUT2D eigenvalue weighted by atomic mass is 10.1. The van der Waals surface area contributed by atoms with E-state index in [1.54, 1.807) is 0 Å². The molecular weight excluding hydrogens is 160 g/mol. The molecule has 2 aliphatic rings. The van der Waals surface area contributed by atoms with Crippen LogP contribution in [-0.4, -0.2) is 29.6 Å². The van der Waals surface area contributed by atoms with Gasteiger partial charge in [-0.05, 0) is 31.6 Å². The van der Waals surface area contributed by atoms with E-state index in [4.69, 9.17) is 5.73 Å². The molecule has 0 atom stereocenters. The Morgan fingerprint density at radius 3 is 2.38 bits per heavy atom. The third kappa shape index (κ3) is 2.68. The molecule has 0 unspecified atom stereocenters. The fourth-order valence-corrected chi connectivity index (χ4v) is 1.97. The molecule has 0 amide bonds. The van der Waals surface area contributed by atoms with Crippen LogP contribution in [0, 0.1) is 5.92 Å². The monoisotopic (exact) mass is 182 g/mol. The second-order valence-corrected chi connectivity index (χ2v) is 5.42. The predicted molar refractivity (Wildman–Crippen MR) is 55.6 cm³/mol. The first-order valence-electron chi connectivity index (χ1n) is 5.62. The summed E-state index contributed by atoms with van der Waals surface area (Å²) in [5, 5.41) is 0. The van der Waals surface area contributed by atoms with Gasteiger partial charge in [0.1, 0.15) is 0 Å². The van der Waals surface area contributed by atoms with Gasteiger partial charge < -0.3 is 5.73 Å². The van der Waals surface area contributed by atoms with Crippen LogP contribution >= 0.6 is 0 Å². The molecular formula is C11H22N2. The summed E-state index contributed by atoms with van der Waals surface area (Å²) < 4.78 is 0. The van der Waals surface area contributed by atoms with Gasteiger partial charge in [0, 0.05) is 24.7 Å². The van der Waals surface area contributed by atoms with Crippen molar-refractivity contribution in [2.45, 2.75) is 51.1 Å². The summed E-state index contributed by atoms with van der Waals surface area (Å²) >= 11 is 0. The number of hydrogen-bond donors (Lipinski definition) is 1. The summed E-state index contributed by atoms with van der Waals surface area (Å²) in [6.45, 7) is 6.98. The molecule has 0 bridgehead atoms. The fourth-order valence-electron chi connectivity index (χ4n) is 1.97. The highest BCUT2D eigenvalue weighted by molar-refractivity contribution is 5.03. The molecule has 0 aromatic carbocycles. The topological polar surface area (TPSA) is 29.3 Å². The van der Waals surface area contributed by atoms with Crippen molar-refractivity contribution in [2.75, 3.05) is 13.1 Å². The molecule has 0 aromatic heterocycles. The van der Waals surface area contributed by atoms with Gasteiger partial charge in [-0.25, -0.2) is 0 Å². The first-order valence-corrected chi connectivity index (χ1v) is 5.62. The lowest BCUT2D eigenvalue weighted by Gasteiger charge is -2.27. The Labute approximate surface area is 81.5 Å². The fraction of sp³-hybridized carbons (Fsp3) is 1.00. The molecule has 2 N–H and O–H groups in total. The Morgan fingerprint density at radius 2 is 2.00 bits per heavy atom. The SMILES string of the molecule is CC(C)CN(CC1(N)CC1)C1CC1. The molecule has 0 radical (unpaired) electrons. The van der Waals surface area contributed by atoms with Crippen molar-refractivity contribution >= 4 is 0 Å². The minimum Gasteiger partial charge on any atom is -0.324 e. The van der Waals surface area contributed by atoms with Gasteiger partial charge in [-0.1, -0.05) is 13.8 Å². The first kappa shape index (κ1) is 9.47. The van der Waals surface area contributed by atoms with Crippen LogP contribution in [0.25, 0.3) is 0 Å². The summed E-state index contributed by atoms with van der Waals surface area (Å²) in [6.07, 6.45) is 5.30.